The first-order chi connectivity index (χ1) is 7.38. The number of aromatic nitrogens is 1. The maximum Gasteiger partial charge on any atom is 0.0931 e. The van der Waals surface area contributed by atoms with Gasteiger partial charge in [-0.2, -0.15) is 0 Å². The minimum Gasteiger partial charge on any atom is -0.396 e. The van der Waals surface area contributed by atoms with Crippen LogP contribution in [0.4, 0.5) is 0 Å². The smallest absolute Gasteiger partial charge is 0.0931 e. The van der Waals surface area contributed by atoms with Crippen molar-refractivity contribution in [3.8, 4) is 0 Å². The topological polar surface area (TPSA) is 33.1 Å². The maximum atomic E-state index is 8.78. The summed E-state index contributed by atoms with van der Waals surface area (Å²) in [5.74, 6) is 0. The molecule has 2 heterocycles. The Morgan fingerprint density at radius 2 is 2.13 bits per heavy atom. The van der Waals surface area contributed by atoms with E-state index in [1.54, 1.807) is 22.7 Å². The quantitative estimate of drug-likeness (QED) is 0.869. The lowest BCUT2D eigenvalue weighted by molar-refractivity contribution is 0.298. The van der Waals surface area contributed by atoms with E-state index in [-0.39, 0.29) is 6.61 Å². The highest BCUT2D eigenvalue weighted by Gasteiger charge is 2.02. The number of aliphatic hydroxyl groups excluding tert-OH is 1. The van der Waals surface area contributed by atoms with E-state index in [1.807, 2.05) is 5.38 Å². The number of rotatable bonds is 5. The van der Waals surface area contributed by atoms with E-state index < -0.39 is 0 Å². The van der Waals surface area contributed by atoms with Crippen molar-refractivity contribution in [1.29, 1.82) is 0 Å². The minimum atomic E-state index is 0.189. The summed E-state index contributed by atoms with van der Waals surface area (Å²) in [6.45, 7) is 0.189. The van der Waals surface area contributed by atoms with E-state index >= 15 is 0 Å². The molecule has 0 aliphatic heterocycles. The fourth-order valence-corrected chi connectivity index (χ4v) is 2.92. The summed E-state index contributed by atoms with van der Waals surface area (Å²) in [5, 5.41) is 14.1. The van der Waals surface area contributed by atoms with Crippen molar-refractivity contribution < 1.29 is 5.11 Å². The molecular formula is C11H13NOS2. The summed E-state index contributed by atoms with van der Waals surface area (Å²) < 4.78 is 0. The molecule has 0 saturated heterocycles. The Labute approximate surface area is 97.2 Å². The molecule has 80 valence electrons. The summed E-state index contributed by atoms with van der Waals surface area (Å²) in [7, 11) is 0. The molecule has 0 aromatic carbocycles. The number of hydrogen-bond donors (Lipinski definition) is 1. The van der Waals surface area contributed by atoms with Crippen LogP contribution in [0, 0.1) is 0 Å². The Kier molecular flexibility index (Phi) is 3.88. The first-order valence-electron chi connectivity index (χ1n) is 4.95. The first kappa shape index (κ1) is 10.8. The van der Waals surface area contributed by atoms with Gasteiger partial charge in [-0.3, -0.25) is 0 Å². The van der Waals surface area contributed by atoms with Crippen molar-refractivity contribution in [2.24, 2.45) is 0 Å². The molecule has 2 aromatic rings. The highest BCUT2D eigenvalue weighted by molar-refractivity contribution is 7.10. The Balaban J connectivity index is 1.88. The van der Waals surface area contributed by atoms with Crippen molar-refractivity contribution in [2.75, 3.05) is 6.61 Å². The summed E-state index contributed by atoms with van der Waals surface area (Å²) in [5.41, 5.74) is 1.02. The number of hydrogen-bond acceptors (Lipinski definition) is 4. The van der Waals surface area contributed by atoms with Crippen molar-refractivity contribution >= 4 is 22.7 Å². The molecular weight excluding hydrogens is 226 g/mol. The van der Waals surface area contributed by atoms with Gasteiger partial charge in [-0.25, -0.2) is 4.98 Å². The second-order valence-corrected chi connectivity index (χ2v) is 5.26. The van der Waals surface area contributed by atoms with Gasteiger partial charge in [-0.05, 0) is 17.9 Å². The third-order valence-electron chi connectivity index (χ3n) is 2.13. The zero-order valence-electron chi connectivity index (χ0n) is 8.35. The SMILES string of the molecule is OCCc1csc(CCc2cccs2)n1. The Morgan fingerprint density at radius 3 is 2.87 bits per heavy atom. The maximum absolute atomic E-state index is 8.78. The van der Waals surface area contributed by atoms with E-state index in [4.69, 9.17) is 5.11 Å². The van der Waals surface area contributed by atoms with Crippen LogP contribution in [-0.4, -0.2) is 16.7 Å². The Morgan fingerprint density at radius 1 is 1.20 bits per heavy atom. The van der Waals surface area contributed by atoms with Crippen LogP contribution < -0.4 is 0 Å². The molecule has 0 atom stereocenters. The molecule has 2 nitrogen and oxygen atoms in total. The lowest BCUT2D eigenvalue weighted by atomic mass is 10.3. The Hall–Kier alpha value is -0.710. The van der Waals surface area contributed by atoms with Crippen LogP contribution in [0.5, 0.6) is 0 Å². The molecule has 0 aliphatic rings. The number of nitrogens with zero attached hydrogens (tertiary/aromatic N) is 1. The predicted octanol–water partition coefficient (Wildman–Crippen LogP) is 2.52. The summed E-state index contributed by atoms with van der Waals surface area (Å²) >= 11 is 3.49. The molecule has 4 heteroatoms. The summed E-state index contributed by atoms with van der Waals surface area (Å²) in [6.07, 6.45) is 2.76. The van der Waals surface area contributed by atoms with Gasteiger partial charge >= 0.3 is 0 Å². The molecule has 1 N–H and O–H groups in total. The predicted molar refractivity (Wildman–Crippen MR) is 64.6 cm³/mol. The fourth-order valence-electron chi connectivity index (χ4n) is 1.38. The van der Waals surface area contributed by atoms with Crippen LogP contribution in [0.15, 0.2) is 22.9 Å². The zero-order valence-corrected chi connectivity index (χ0v) is 9.98. The lowest BCUT2D eigenvalue weighted by Gasteiger charge is -1.93. The molecule has 0 spiro atoms. The first-order valence-corrected chi connectivity index (χ1v) is 6.71. The van der Waals surface area contributed by atoms with Crippen LogP contribution in [-0.2, 0) is 19.3 Å². The van der Waals surface area contributed by atoms with E-state index in [1.165, 1.54) is 9.88 Å². The van der Waals surface area contributed by atoms with Crippen molar-refractivity contribution in [2.45, 2.75) is 19.3 Å². The third-order valence-corrected chi connectivity index (χ3v) is 4.03. The molecule has 0 amide bonds. The van der Waals surface area contributed by atoms with Gasteiger partial charge in [0.1, 0.15) is 0 Å². The molecule has 15 heavy (non-hydrogen) atoms. The molecule has 2 aromatic heterocycles. The zero-order chi connectivity index (χ0) is 10.5. The molecule has 0 fully saturated rings. The van der Waals surface area contributed by atoms with Gasteiger partial charge in [0.05, 0.1) is 10.7 Å². The van der Waals surface area contributed by atoms with Crippen molar-refractivity contribution in [1.82, 2.24) is 4.98 Å². The molecule has 2 rings (SSSR count). The van der Waals surface area contributed by atoms with E-state index in [0.29, 0.717) is 6.42 Å². The van der Waals surface area contributed by atoms with Crippen LogP contribution in [0.25, 0.3) is 0 Å². The van der Waals surface area contributed by atoms with Gasteiger partial charge in [0.25, 0.3) is 0 Å². The van der Waals surface area contributed by atoms with Gasteiger partial charge in [0.15, 0.2) is 0 Å². The lowest BCUT2D eigenvalue weighted by Crippen LogP contribution is -1.92. The van der Waals surface area contributed by atoms with Crippen molar-refractivity contribution in [3.63, 3.8) is 0 Å². The molecule has 0 aliphatic carbocycles. The number of aryl methyl sites for hydroxylation is 2. The normalized spacial score (nSPS) is 10.7. The van der Waals surface area contributed by atoms with Gasteiger partial charge in [-0.15, -0.1) is 22.7 Å². The average molecular weight is 239 g/mol. The van der Waals surface area contributed by atoms with E-state index in [0.717, 1.165) is 18.5 Å². The number of aliphatic hydroxyl groups is 1. The monoisotopic (exact) mass is 239 g/mol. The minimum absolute atomic E-state index is 0.189. The van der Waals surface area contributed by atoms with Crippen molar-refractivity contribution in [3.05, 3.63) is 38.5 Å². The molecule has 0 saturated carbocycles. The fraction of sp³-hybridized carbons (Fsp3) is 0.364. The Bertz CT molecular complexity index is 394. The van der Waals surface area contributed by atoms with Crippen LogP contribution in [0.1, 0.15) is 15.6 Å². The van der Waals surface area contributed by atoms with Gasteiger partial charge in [-0.1, -0.05) is 6.07 Å². The van der Waals surface area contributed by atoms with Gasteiger partial charge in [0.2, 0.25) is 0 Å². The van der Waals surface area contributed by atoms with Crippen LogP contribution in [0.2, 0.25) is 0 Å². The van der Waals surface area contributed by atoms with Crippen LogP contribution >= 0.6 is 22.7 Å². The number of thiazole rings is 1. The summed E-state index contributed by atoms with van der Waals surface area (Å²) in [4.78, 5) is 5.87. The second-order valence-electron chi connectivity index (χ2n) is 3.29. The molecule has 0 bridgehead atoms. The largest absolute Gasteiger partial charge is 0.396 e. The molecule has 0 unspecified atom stereocenters. The number of thiophene rings is 1. The highest BCUT2D eigenvalue weighted by Crippen LogP contribution is 2.15. The average Bonchev–Trinajstić information content (AvgIpc) is 2.85. The van der Waals surface area contributed by atoms with Gasteiger partial charge in [0, 0.05) is 29.7 Å². The van der Waals surface area contributed by atoms with E-state index in [2.05, 4.69) is 22.5 Å². The standard InChI is InChI=1S/C11H13NOS2/c13-6-5-9-8-15-11(12-9)4-3-10-2-1-7-14-10/h1-2,7-8,13H,3-6H2. The second kappa shape index (κ2) is 5.39. The third kappa shape index (κ3) is 3.12. The summed E-state index contributed by atoms with van der Waals surface area (Å²) in [6, 6.07) is 4.24. The molecule has 0 radical (unpaired) electrons. The van der Waals surface area contributed by atoms with Gasteiger partial charge < -0.3 is 5.11 Å². The van der Waals surface area contributed by atoms with Crippen LogP contribution in [0.3, 0.4) is 0 Å². The highest BCUT2D eigenvalue weighted by atomic mass is 32.1. The van der Waals surface area contributed by atoms with E-state index in [9.17, 15) is 0 Å².